The predicted molar refractivity (Wildman–Crippen MR) is 46.3 cm³/mol. The Morgan fingerprint density at radius 1 is 1.09 bits per heavy atom. The first-order valence-corrected chi connectivity index (χ1v) is 3.94. The summed E-state index contributed by atoms with van der Waals surface area (Å²) in [5.41, 5.74) is 4.36. The van der Waals surface area contributed by atoms with Crippen LogP contribution in [0.3, 0.4) is 0 Å². The summed E-state index contributed by atoms with van der Waals surface area (Å²) in [5, 5.41) is 0. The molecule has 52 valence electrons. The SMILES string of the molecule is C1=CC2C1=Cc1ccccc12. The Kier molecular flexibility index (Phi) is 0.803. The van der Waals surface area contributed by atoms with Crippen molar-refractivity contribution < 1.29 is 0 Å². The lowest BCUT2D eigenvalue weighted by Gasteiger charge is -2.16. The number of hydrogen-bond donors (Lipinski definition) is 0. The molecule has 2 aliphatic rings. The van der Waals surface area contributed by atoms with Crippen LogP contribution in [0.1, 0.15) is 17.0 Å². The Labute approximate surface area is 65.9 Å². The van der Waals surface area contributed by atoms with E-state index in [-0.39, 0.29) is 0 Å². The molecule has 0 radical (unpaired) electrons. The number of hydrogen-bond acceptors (Lipinski definition) is 0. The van der Waals surface area contributed by atoms with Crippen LogP contribution in [0.15, 0.2) is 42.0 Å². The molecular weight excluding hydrogens is 132 g/mol. The van der Waals surface area contributed by atoms with Gasteiger partial charge in [0.25, 0.3) is 0 Å². The van der Waals surface area contributed by atoms with Gasteiger partial charge in [-0.3, -0.25) is 0 Å². The second kappa shape index (κ2) is 1.65. The Hall–Kier alpha value is -1.30. The molecule has 1 unspecified atom stereocenters. The molecule has 1 aromatic carbocycles. The van der Waals surface area contributed by atoms with E-state index in [1.54, 1.807) is 0 Å². The molecule has 0 fully saturated rings. The summed E-state index contributed by atoms with van der Waals surface area (Å²) in [5.74, 6) is 0.631. The highest BCUT2D eigenvalue weighted by molar-refractivity contribution is 5.74. The molecule has 0 aliphatic heterocycles. The molecule has 0 saturated heterocycles. The molecule has 0 heteroatoms. The summed E-state index contributed by atoms with van der Waals surface area (Å²) in [6.07, 6.45) is 6.74. The maximum Gasteiger partial charge on any atom is 0.0278 e. The Morgan fingerprint density at radius 3 is 2.82 bits per heavy atom. The summed E-state index contributed by atoms with van der Waals surface area (Å²) < 4.78 is 0. The van der Waals surface area contributed by atoms with Crippen LogP contribution in [0, 0.1) is 0 Å². The van der Waals surface area contributed by atoms with Crippen molar-refractivity contribution in [3.63, 3.8) is 0 Å². The molecule has 2 aliphatic carbocycles. The number of allylic oxidation sites excluding steroid dienone is 3. The van der Waals surface area contributed by atoms with Gasteiger partial charge in [0, 0.05) is 5.92 Å². The van der Waals surface area contributed by atoms with Gasteiger partial charge in [-0.05, 0) is 16.7 Å². The van der Waals surface area contributed by atoms with E-state index in [0.29, 0.717) is 5.92 Å². The van der Waals surface area contributed by atoms with Gasteiger partial charge in [-0.15, -0.1) is 0 Å². The molecular formula is C11H8. The van der Waals surface area contributed by atoms with Crippen LogP contribution < -0.4 is 0 Å². The van der Waals surface area contributed by atoms with E-state index in [0.717, 1.165) is 0 Å². The van der Waals surface area contributed by atoms with Gasteiger partial charge < -0.3 is 0 Å². The summed E-state index contributed by atoms with van der Waals surface area (Å²) in [7, 11) is 0. The number of fused-ring (bicyclic) bond motifs is 3. The van der Waals surface area contributed by atoms with Gasteiger partial charge in [0.05, 0.1) is 0 Å². The number of rotatable bonds is 0. The summed E-state index contributed by atoms with van der Waals surface area (Å²) >= 11 is 0. The summed E-state index contributed by atoms with van der Waals surface area (Å²) in [4.78, 5) is 0. The largest absolute Gasteiger partial charge is 0.0723 e. The predicted octanol–water partition coefficient (Wildman–Crippen LogP) is 2.74. The molecule has 0 bridgehead atoms. The molecule has 11 heavy (non-hydrogen) atoms. The van der Waals surface area contributed by atoms with Crippen LogP contribution in [0.25, 0.3) is 6.08 Å². The molecule has 0 heterocycles. The zero-order chi connectivity index (χ0) is 7.26. The van der Waals surface area contributed by atoms with Gasteiger partial charge in [-0.25, -0.2) is 0 Å². The Bertz CT molecular complexity index is 369. The zero-order valence-electron chi connectivity index (χ0n) is 6.12. The highest BCUT2D eigenvalue weighted by Gasteiger charge is 2.25. The molecule has 3 rings (SSSR count). The lowest BCUT2D eigenvalue weighted by molar-refractivity contribution is 0.999. The molecule has 0 spiro atoms. The highest BCUT2D eigenvalue weighted by atomic mass is 14.3. The zero-order valence-corrected chi connectivity index (χ0v) is 6.12. The second-order valence-corrected chi connectivity index (χ2v) is 3.11. The quantitative estimate of drug-likeness (QED) is 0.519. The first kappa shape index (κ1) is 5.36. The monoisotopic (exact) mass is 140 g/mol. The molecule has 1 aromatic rings. The summed E-state index contributed by atoms with van der Waals surface area (Å²) in [6, 6.07) is 8.61. The van der Waals surface area contributed by atoms with Crippen molar-refractivity contribution in [3.8, 4) is 0 Å². The van der Waals surface area contributed by atoms with Gasteiger partial charge in [0.2, 0.25) is 0 Å². The maximum atomic E-state index is 2.28. The molecule has 0 saturated carbocycles. The van der Waals surface area contributed by atoms with Crippen molar-refractivity contribution in [1.82, 2.24) is 0 Å². The van der Waals surface area contributed by atoms with Crippen LogP contribution in [0.4, 0.5) is 0 Å². The Balaban J connectivity index is 2.29. The first-order valence-electron chi connectivity index (χ1n) is 3.94. The van der Waals surface area contributed by atoms with Crippen LogP contribution in [-0.4, -0.2) is 0 Å². The topological polar surface area (TPSA) is 0 Å². The summed E-state index contributed by atoms with van der Waals surface area (Å²) in [6.45, 7) is 0. The third kappa shape index (κ3) is 0.548. The fraction of sp³-hybridized carbons (Fsp3) is 0.0909. The van der Waals surface area contributed by atoms with Crippen LogP contribution in [0.2, 0.25) is 0 Å². The van der Waals surface area contributed by atoms with Crippen LogP contribution >= 0.6 is 0 Å². The average molecular weight is 140 g/mol. The fourth-order valence-electron chi connectivity index (χ4n) is 1.83. The highest BCUT2D eigenvalue weighted by Crippen LogP contribution is 2.43. The lowest BCUT2D eigenvalue weighted by atomic mass is 9.87. The first-order chi connectivity index (χ1) is 5.45. The maximum absolute atomic E-state index is 2.28. The lowest BCUT2D eigenvalue weighted by Crippen LogP contribution is -2.00. The van der Waals surface area contributed by atoms with Crippen molar-refractivity contribution in [1.29, 1.82) is 0 Å². The van der Waals surface area contributed by atoms with Gasteiger partial charge in [-0.1, -0.05) is 42.5 Å². The van der Waals surface area contributed by atoms with Crippen LogP contribution in [0.5, 0.6) is 0 Å². The van der Waals surface area contributed by atoms with Crippen molar-refractivity contribution in [2.24, 2.45) is 0 Å². The fourth-order valence-corrected chi connectivity index (χ4v) is 1.83. The molecule has 0 N–H and O–H groups in total. The van der Waals surface area contributed by atoms with E-state index in [9.17, 15) is 0 Å². The van der Waals surface area contributed by atoms with Gasteiger partial charge in [0.15, 0.2) is 0 Å². The molecule has 0 nitrogen and oxygen atoms in total. The molecule has 0 amide bonds. The standard InChI is InChI=1S/C11H8/c1-2-4-10-8(3-1)7-9-5-6-11(9)10/h1-7,11H. The molecule has 0 aromatic heterocycles. The van der Waals surface area contributed by atoms with E-state index in [1.165, 1.54) is 16.7 Å². The third-order valence-electron chi connectivity index (χ3n) is 2.49. The Morgan fingerprint density at radius 2 is 2.00 bits per heavy atom. The van der Waals surface area contributed by atoms with Crippen molar-refractivity contribution in [2.45, 2.75) is 5.92 Å². The van der Waals surface area contributed by atoms with Crippen molar-refractivity contribution in [2.75, 3.05) is 0 Å². The van der Waals surface area contributed by atoms with Gasteiger partial charge in [-0.2, -0.15) is 0 Å². The minimum absolute atomic E-state index is 0.631. The van der Waals surface area contributed by atoms with Crippen molar-refractivity contribution in [3.05, 3.63) is 53.1 Å². The van der Waals surface area contributed by atoms with E-state index in [2.05, 4.69) is 42.5 Å². The van der Waals surface area contributed by atoms with E-state index in [1.807, 2.05) is 0 Å². The van der Waals surface area contributed by atoms with Gasteiger partial charge >= 0.3 is 0 Å². The molecule has 1 atom stereocenters. The van der Waals surface area contributed by atoms with Gasteiger partial charge in [0.1, 0.15) is 0 Å². The second-order valence-electron chi connectivity index (χ2n) is 3.11. The minimum Gasteiger partial charge on any atom is -0.0723 e. The average Bonchev–Trinajstić information content (AvgIpc) is 2.23. The van der Waals surface area contributed by atoms with Crippen molar-refractivity contribution >= 4 is 6.08 Å². The minimum atomic E-state index is 0.631. The third-order valence-corrected chi connectivity index (χ3v) is 2.49. The smallest absolute Gasteiger partial charge is 0.0278 e. The van der Waals surface area contributed by atoms with E-state index < -0.39 is 0 Å². The van der Waals surface area contributed by atoms with E-state index >= 15 is 0 Å². The van der Waals surface area contributed by atoms with E-state index in [4.69, 9.17) is 0 Å². The number of benzene rings is 1. The van der Waals surface area contributed by atoms with Crippen LogP contribution in [-0.2, 0) is 0 Å². The normalized spacial score (nSPS) is 23.6.